The van der Waals surface area contributed by atoms with Crippen molar-refractivity contribution >= 4 is 49.1 Å². The summed E-state index contributed by atoms with van der Waals surface area (Å²) >= 11 is 8.04. The third-order valence-corrected chi connectivity index (χ3v) is 3.96. The van der Waals surface area contributed by atoms with Crippen LogP contribution in [0.15, 0.2) is 15.9 Å². The van der Waals surface area contributed by atoms with Crippen LogP contribution in [0, 0.1) is 0 Å². The molecule has 0 saturated carbocycles. The molecule has 0 spiro atoms. The van der Waals surface area contributed by atoms with Gasteiger partial charge in [0.2, 0.25) is 0 Å². The predicted molar refractivity (Wildman–Crippen MR) is 73.6 cm³/mol. The fourth-order valence-electron chi connectivity index (χ4n) is 1.07. The Morgan fingerprint density at radius 3 is 2.94 bits per heavy atom. The molecule has 0 aromatic carbocycles. The van der Waals surface area contributed by atoms with Gasteiger partial charge in [-0.3, -0.25) is 4.79 Å². The molecule has 0 aliphatic heterocycles. The lowest BCUT2D eigenvalue weighted by Crippen LogP contribution is -2.24. The Labute approximate surface area is 116 Å². The summed E-state index contributed by atoms with van der Waals surface area (Å²) in [7, 11) is 0. The van der Waals surface area contributed by atoms with Gasteiger partial charge in [-0.25, -0.2) is 0 Å². The summed E-state index contributed by atoms with van der Waals surface area (Å²) in [4.78, 5) is 12.4. The van der Waals surface area contributed by atoms with E-state index in [1.54, 1.807) is 0 Å². The van der Waals surface area contributed by atoms with E-state index in [1.807, 2.05) is 11.4 Å². The fourth-order valence-corrected chi connectivity index (χ4v) is 2.77. The van der Waals surface area contributed by atoms with Gasteiger partial charge in [-0.15, -0.1) is 11.3 Å². The van der Waals surface area contributed by atoms with E-state index in [4.69, 9.17) is 4.74 Å². The number of rotatable bonds is 7. The van der Waals surface area contributed by atoms with Crippen LogP contribution in [0.2, 0.25) is 0 Å². The number of carbonyl (C=O) groups is 1. The summed E-state index contributed by atoms with van der Waals surface area (Å²) in [5.74, 6) is -0.0256. The molecule has 1 amide bonds. The zero-order valence-electron chi connectivity index (χ0n) is 8.67. The van der Waals surface area contributed by atoms with Crippen LogP contribution in [0.3, 0.4) is 0 Å². The Kier molecular flexibility index (Phi) is 7.27. The van der Waals surface area contributed by atoms with Crippen molar-refractivity contribution in [2.45, 2.75) is 6.42 Å². The summed E-state index contributed by atoms with van der Waals surface area (Å²) in [6.45, 7) is 2.04. The smallest absolute Gasteiger partial charge is 0.262 e. The van der Waals surface area contributed by atoms with Crippen molar-refractivity contribution in [3.05, 3.63) is 20.8 Å². The number of amides is 1. The van der Waals surface area contributed by atoms with Crippen molar-refractivity contribution in [2.24, 2.45) is 0 Å². The van der Waals surface area contributed by atoms with E-state index in [-0.39, 0.29) is 5.91 Å². The van der Waals surface area contributed by atoms with E-state index in [9.17, 15) is 4.79 Å². The van der Waals surface area contributed by atoms with Gasteiger partial charge in [0.25, 0.3) is 5.91 Å². The van der Waals surface area contributed by atoms with Crippen molar-refractivity contribution in [1.29, 1.82) is 0 Å². The number of halogens is 2. The SMILES string of the molecule is O=C(NCCCOCCBr)c1sccc1Br. The van der Waals surface area contributed by atoms with Crippen LogP contribution in [-0.4, -0.2) is 31.0 Å². The number of hydrogen-bond donors (Lipinski definition) is 1. The van der Waals surface area contributed by atoms with Gasteiger partial charge in [-0.1, -0.05) is 15.9 Å². The van der Waals surface area contributed by atoms with E-state index in [2.05, 4.69) is 37.2 Å². The van der Waals surface area contributed by atoms with Gasteiger partial charge < -0.3 is 10.1 Å². The van der Waals surface area contributed by atoms with Crippen molar-refractivity contribution in [1.82, 2.24) is 5.32 Å². The maximum absolute atomic E-state index is 11.6. The third-order valence-electron chi connectivity index (χ3n) is 1.80. The molecule has 0 aliphatic rings. The molecule has 6 heteroatoms. The molecule has 1 aromatic rings. The number of nitrogens with one attached hydrogen (secondary N) is 1. The zero-order chi connectivity index (χ0) is 11.8. The minimum absolute atomic E-state index is 0.0256. The average Bonchev–Trinajstić information content (AvgIpc) is 2.69. The standard InChI is InChI=1S/C10H13Br2NO2S/c11-3-6-15-5-1-4-13-10(14)9-8(12)2-7-16-9/h2,7H,1,3-6H2,(H,13,14). The largest absolute Gasteiger partial charge is 0.381 e. The first-order chi connectivity index (χ1) is 7.75. The Hall–Kier alpha value is 0.0900. The van der Waals surface area contributed by atoms with Crippen LogP contribution < -0.4 is 5.32 Å². The molecule has 0 atom stereocenters. The summed E-state index contributed by atoms with van der Waals surface area (Å²) in [6, 6.07) is 1.87. The zero-order valence-corrected chi connectivity index (χ0v) is 12.7. The van der Waals surface area contributed by atoms with Crippen molar-refractivity contribution < 1.29 is 9.53 Å². The number of carbonyl (C=O) groups excluding carboxylic acids is 1. The molecule has 0 radical (unpaired) electrons. The Bertz CT molecular complexity index is 330. The summed E-state index contributed by atoms with van der Waals surface area (Å²) < 4.78 is 6.13. The van der Waals surface area contributed by atoms with Crippen molar-refractivity contribution in [2.75, 3.05) is 25.1 Å². The van der Waals surface area contributed by atoms with Gasteiger partial charge in [0.05, 0.1) is 6.61 Å². The molecule has 0 saturated heterocycles. The first kappa shape index (κ1) is 14.2. The van der Waals surface area contributed by atoms with E-state index >= 15 is 0 Å². The molecule has 90 valence electrons. The topological polar surface area (TPSA) is 38.3 Å². The van der Waals surface area contributed by atoms with Gasteiger partial charge in [-0.2, -0.15) is 0 Å². The quantitative estimate of drug-likeness (QED) is 0.591. The molecule has 0 unspecified atom stereocenters. The van der Waals surface area contributed by atoms with E-state index in [0.717, 1.165) is 21.1 Å². The van der Waals surface area contributed by atoms with Gasteiger partial charge in [0.1, 0.15) is 4.88 Å². The molecular weight excluding hydrogens is 358 g/mol. The molecule has 0 bridgehead atoms. The highest BCUT2D eigenvalue weighted by Gasteiger charge is 2.09. The van der Waals surface area contributed by atoms with Gasteiger partial charge >= 0.3 is 0 Å². The minimum atomic E-state index is -0.0256. The highest BCUT2D eigenvalue weighted by Crippen LogP contribution is 2.22. The summed E-state index contributed by atoms with van der Waals surface area (Å²) in [6.07, 6.45) is 0.835. The van der Waals surface area contributed by atoms with Crippen LogP contribution >= 0.6 is 43.2 Å². The Morgan fingerprint density at radius 1 is 1.50 bits per heavy atom. The van der Waals surface area contributed by atoms with E-state index in [1.165, 1.54) is 11.3 Å². The Balaban J connectivity index is 2.14. The second-order valence-electron chi connectivity index (χ2n) is 3.01. The lowest BCUT2D eigenvalue weighted by atomic mass is 10.4. The van der Waals surface area contributed by atoms with Crippen molar-refractivity contribution in [3.8, 4) is 0 Å². The average molecular weight is 371 g/mol. The molecule has 3 nitrogen and oxygen atoms in total. The Morgan fingerprint density at radius 2 is 2.31 bits per heavy atom. The van der Waals surface area contributed by atoms with Crippen LogP contribution in [0.25, 0.3) is 0 Å². The first-order valence-corrected chi connectivity index (χ1v) is 7.70. The van der Waals surface area contributed by atoms with Crippen LogP contribution in [0.5, 0.6) is 0 Å². The van der Waals surface area contributed by atoms with Crippen LogP contribution in [0.1, 0.15) is 16.1 Å². The molecule has 0 fully saturated rings. The second kappa shape index (κ2) is 8.22. The van der Waals surface area contributed by atoms with Gasteiger partial charge in [0.15, 0.2) is 0 Å². The summed E-state index contributed by atoms with van der Waals surface area (Å²) in [5.41, 5.74) is 0. The van der Waals surface area contributed by atoms with Crippen LogP contribution in [0.4, 0.5) is 0 Å². The van der Waals surface area contributed by atoms with Crippen LogP contribution in [-0.2, 0) is 4.74 Å². The monoisotopic (exact) mass is 369 g/mol. The maximum Gasteiger partial charge on any atom is 0.262 e. The van der Waals surface area contributed by atoms with Gasteiger partial charge in [0, 0.05) is 23.0 Å². The number of thiophene rings is 1. The number of hydrogen-bond acceptors (Lipinski definition) is 3. The summed E-state index contributed by atoms with van der Waals surface area (Å²) in [5, 5.41) is 5.59. The lowest BCUT2D eigenvalue weighted by molar-refractivity contribution is 0.0948. The second-order valence-corrected chi connectivity index (χ2v) is 5.57. The molecule has 1 heterocycles. The normalized spacial score (nSPS) is 10.4. The highest BCUT2D eigenvalue weighted by atomic mass is 79.9. The fraction of sp³-hybridized carbons (Fsp3) is 0.500. The van der Waals surface area contributed by atoms with E-state index < -0.39 is 0 Å². The highest BCUT2D eigenvalue weighted by molar-refractivity contribution is 9.10. The lowest BCUT2D eigenvalue weighted by Gasteiger charge is -2.04. The molecule has 0 aliphatic carbocycles. The van der Waals surface area contributed by atoms with E-state index in [0.29, 0.717) is 19.8 Å². The number of alkyl halides is 1. The van der Waals surface area contributed by atoms with Crippen molar-refractivity contribution in [3.63, 3.8) is 0 Å². The molecule has 16 heavy (non-hydrogen) atoms. The third kappa shape index (κ3) is 4.95. The predicted octanol–water partition coefficient (Wildman–Crippen LogP) is 3.04. The maximum atomic E-state index is 11.6. The molecule has 1 aromatic heterocycles. The molecule has 1 rings (SSSR count). The van der Waals surface area contributed by atoms with Gasteiger partial charge in [-0.05, 0) is 33.8 Å². The number of ether oxygens (including phenoxy) is 1. The molecular formula is C10H13Br2NO2S. The first-order valence-electron chi connectivity index (χ1n) is 4.90. The molecule has 1 N–H and O–H groups in total. The minimum Gasteiger partial charge on any atom is -0.381 e.